The predicted molar refractivity (Wildman–Crippen MR) is 145 cm³/mol. The number of nitrogens with zero attached hydrogens (tertiary/aromatic N) is 3. The summed E-state index contributed by atoms with van der Waals surface area (Å²) in [6, 6.07) is 4.42. The number of benzene rings is 1. The number of ether oxygens (including phenoxy) is 1. The monoisotopic (exact) mass is 623 g/mol. The number of rotatable bonds is 5. The van der Waals surface area contributed by atoms with E-state index in [-0.39, 0.29) is 64.6 Å². The Bertz CT molecular complexity index is 1700. The average Bonchev–Trinajstić information content (AvgIpc) is 3.66. The molecule has 15 heteroatoms. The summed E-state index contributed by atoms with van der Waals surface area (Å²) < 4.78 is 88.4. The first-order valence-electron chi connectivity index (χ1n) is 13.5. The Hall–Kier alpha value is -3.14. The van der Waals surface area contributed by atoms with Gasteiger partial charge in [-0.15, -0.1) is 11.3 Å². The SMILES string of the molecule is O=C1c2sc(-c3nc(Nc4cc5c(cc4C4CC4)C(F)CNC5)ncc3C(F)(F)F)cc2S(=O)(=O)CCN1C1COC1. The van der Waals surface area contributed by atoms with Crippen LogP contribution in [0.25, 0.3) is 10.6 Å². The van der Waals surface area contributed by atoms with Crippen LogP contribution in [-0.2, 0) is 27.3 Å². The molecule has 4 aliphatic rings. The van der Waals surface area contributed by atoms with Crippen LogP contribution in [-0.4, -0.2) is 67.3 Å². The Morgan fingerprint density at radius 1 is 1.14 bits per heavy atom. The van der Waals surface area contributed by atoms with Crippen molar-refractivity contribution >= 4 is 38.7 Å². The van der Waals surface area contributed by atoms with Gasteiger partial charge in [0.2, 0.25) is 5.95 Å². The van der Waals surface area contributed by atoms with Gasteiger partial charge in [0.15, 0.2) is 9.84 Å². The molecule has 1 atom stereocenters. The summed E-state index contributed by atoms with van der Waals surface area (Å²) in [5, 5.41) is 6.05. The molecular formula is C27H25F4N5O4S2. The molecule has 2 fully saturated rings. The number of carbonyl (C=O) groups excluding carboxylic acids is 1. The van der Waals surface area contributed by atoms with Gasteiger partial charge in [0, 0.05) is 31.5 Å². The first kappa shape index (κ1) is 27.7. The van der Waals surface area contributed by atoms with Crippen molar-refractivity contribution in [3.63, 3.8) is 0 Å². The number of hydrogen-bond acceptors (Lipinski definition) is 9. The summed E-state index contributed by atoms with van der Waals surface area (Å²) in [6.45, 7) is 1.18. The number of hydrogen-bond donors (Lipinski definition) is 2. The molecule has 42 heavy (non-hydrogen) atoms. The Kier molecular flexibility index (Phi) is 6.56. The summed E-state index contributed by atoms with van der Waals surface area (Å²) in [6.07, 6.45) is -3.53. The van der Waals surface area contributed by atoms with Crippen LogP contribution in [0.15, 0.2) is 29.3 Å². The van der Waals surface area contributed by atoms with Gasteiger partial charge in [0.05, 0.1) is 40.5 Å². The van der Waals surface area contributed by atoms with Gasteiger partial charge < -0.3 is 20.3 Å². The molecule has 5 heterocycles. The summed E-state index contributed by atoms with van der Waals surface area (Å²) in [5.74, 6) is -0.842. The summed E-state index contributed by atoms with van der Waals surface area (Å²) >= 11 is 0.671. The standard InChI is InChI=1S/C27H25F4N5O4S2/c28-19-10-32-8-14-5-20(17(6-16(14)19)13-1-2-13)34-26-33-9-18(27(29,30)31)23(35-26)21-7-22-24(41-21)25(37)36(15-11-40-12-15)3-4-42(22,38)39/h5-7,9,13,15,19,32H,1-4,8,10-12H2,(H,33,34,35). The lowest BCUT2D eigenvalue weighted by atomic mass is 9.94. The van der Waals surface area contributed by atoms with E-state index in [1.54, 1.807) is 6.07 Å². The third kappa shape index (κ3) is 4.85. The Labute approximate surface area is 242 Å². The van der Waals surface area contributed by atoms with E-state index in [2.05, 4.69) is 20.6 Å². The van der Waals surface area contributed by atoms with Gasteiger partial charge >= 0.3 is 6.18 Å². The van der Waals surface area contributed by atoms with Gasteiger partial charge in [-0.25, -0.2) is 22.8 Å². The molecule has 1 amide bonds. The number of sulfone groups is 1. The maximum atomic E-state index is 14.6. The van der Waals surface area contributed by atoms with E-state index in [1.807, 2.05) is 6.07 Å². The molecule has 1 aliphatic carbocycles. The normalized spacial score (nSPS) is 22.2. The number of anilines is 2. The molecule has 222 valence electrons. The summed E-state index contributed by atoms with van der Waals surface area (Å²) in [7, 11) is -3.95. The Morgan fingerprint density at radius 3 is 2.62 bits per heavy atom. The average molecular weight is 624 g/mol. The van der Waals surface area contributed by atoms with Crippen LogP contribution in [0.4, 0.5) is 29.2 Å². The number of fused-ring (bicyclic) bond motifs is 2. The van der Waals surface area contributed by atoms with Crippen LogP contribution in [0.3, 0.4) is 0 Å². The van der Waals surface area contributed by atoms with Crippen molar-refractivity contribution < 1.29 is 35.5 Å². The Morgan fingerprint density at radius 2 is 1.93 bits per heavy atom. The third-order valence-corrected chi connectivity index (χ3v) is 11.0. The van der Waals surface area contributed by atoms with Gasteiger partial charge in [-0.3, -0.25) is 4.79 Å². The quantitative estimate of drug-likeness (QED) is 0.397. The van der Waals surface area contributed by atoms with Gasteiger partial charge in [-0.2, -0.15) is 13.2 Å². The molecular weight excluding hydrogens is 598 g/mol. The van der Waals surface area contributed by atoms with Crippen molar-refractivity contribution in [1.29, 1.82) is 0 Å². The largest absolute Gasteiger partial charge is 0.420 e. The van der Waals surface area contributed by atoms with Crippen molar-refractivity contribution in [2.75, 3.05) is 37.4 Å². The molecule has 1 saturated heterocycles. The highest BCUT2D eigenvalue weighted by Crippen LogP contribution is 2.47. The molecule has 0 radical (unpaired) electrons. The molecule has 9 nitrogen and oxygen atoms in total. The number of amides is 1. The first-order valence-corrected chi connectivity index (χ1v) is 15.9. The lowest BCUT2D eigenvalue weighted by Gasteiger charge is -2.36. The lowest BCUT2D eigenvalue weighted by molar-refractivity contribution is -0.137. The maximum Gasteiger partial charge on any atom is 0.420 e. The van der Waals surface area contributed by atoms with E-state index in [9.17, 15) is 30.8 Å². The first-order chi connectivity index (χ1) is 20.0. The van der Waals surface area contributed by atoms with E-state index in [0.717, 1.165) is 30.0 Å². The van der Waals surface area contributed by atoms with Crippen LogP contribution < -0.4 is 10.6 Å². The van der Waals surface area contributed by atoms with Crippen LogP contribution in [0.5, 0.6) is 0 Å². The number of aromatic nitrogens is 2. The van der Waals surface area contributed by atoms with Crippen molar-refractivity contribution in [3.8, 4) is 10.6 Å². The highest BCUT2D eigenvalue weighted by atomic mass is 32.2. The van der Waals surface area contributed by atoms with Crippen molar-refractivity contribution in [2.45, 2.75) is 48.6 Å². The minimum absolute atomic E-state index is 0.0237. The molecule has 7 rings (SSSR count). The van der Waals surface area contributed by atoms with Gasteiger partial charge in [-0.1, -0.05) is 6.07 Å². The zero-order chi connectivity index (χ0) is 29.4. The second kappa shape index (κ2) is 9.96. The minimum atomic E-state index is -4.85. The topological polar surface area (TPSA) is 114 Å². The fraction of sp³-hybridized carbons (Fsp3) is 0.444. The number of thiophene rings is 1. The van der Waals surface area contributed by atoms with Crippen LogP contribution in [0.1, 0.15) is 56.9 Å². The smallest absolute Gasteiger partial charge is 0.377 e. The van der Waals surface area contributed by atoms with E-state index >= 15 is 0 Å². The number of alkyl halides is 4. The van der Waals surface area contributed by atoms with Crippen LogP contribution >= 0.6 is 11.3 Å². The molecule has 1 unspecified atom stereocenters. The molecule has 2 N–H and O–H groups in total. The Balaban J connectivity index is 1.31. The molecule has 0 bridgehead atoms. The third-order valence-electron chi connectivity index (χ3n) is 8.03. The zero-order valence-electron chi connectivity index (χ0n) is 22.0. The van der Waals surface area contributed by atoms with Gasteiger partial charge in [-0.05, 0) is 47.6 Å². The maximum absolute atomic E-state index is 14.6. The number of nitrogens with one attached hydrogen (secondary N) is 2. The number of carbonyl (C=O) groups is 1. The van der Waals surface area contributed by atoms with E-state index in [4.69, 9.17) is 4.74 Å². The molecule has 0 spiro atoms. The highest BCUT2D eigenvalue weighted by molar-refractivity contribution is 7.91. The van der Waals surface area contributed by atoms with Crippen LogP contribution in [0, 0.1) is 0 Å². The van der Waals surface area contributed by atoms with Crippen molar-refractivity contribution in [2.24, 2.45) is 0 Å². The molecule has 3 aromatic rings. The summed E-state index contributed by atoms with van der Waals surface area (Å²) in [4.78, 5) is 22.4. The summed E-state index contributed by atoms with van der Waals surface area (Å²) in [5.41, 5.74) is 1.08. The van der Waals surface area contributed by atoms with Gasteiger partial charge in [0.1, 0.15) is 16.6 Å². The lowest BCUT2D eigenvalue weighted by Crippen LogP contribution is -2.52. The molecule has 1 saturated carbocycles. The van der Waals surface area contributed by atoms with Crippen molar-refractivity contribution in [3.05, 3.63) is 51.5 Å². The second-order valence-corrected chi connectivity index (χ2v) is 14.0. The molecule has 1 aromatic carbocycles. The predicted octanol–water partition coefficient (Wildman–Crippen LogP) is 4.59. The van der Waals surface area contributed by atoms with Gasteiger partial charge in [0.25, 0.3) is 5.91 Å². The van der Waals surface area contributed by atoms with E-state index in [1.165, 1.54) is 4.90 Å². The van der Waals surface area contributed by atoms with Crippen molar-refractivity contribution in [1.82, 2.24) is 20.2 Å². The molecule has 3 aliphatic heterocycles. The van der Waals surface area contributed by atoms with Crippen LogP contribution in [0.2, 0.25) is 0 Å². The fourth-order valence-electron chi connectivity index (χ4n) is 5.55. The zero-order valence-corrected chi connectivity index (χ0v) is 23.6. The minimum Gasteiger partial charge on any atom is -0.377 e. The second-order valence-electron chi connectivity index (χ2n) is 10.9. The van der Waals surface area contributed by atoms with E-state index in [0.29, 0.717) is 35.3 Å². The number of halogens is 4. The highest BCUT2D eigenvalue weighted by Gasteiger charge is 2.41. The fourth-order valence-corrected chi connectivity index (χ4v) is 8.47. The molecule has 2 aromatic heterocycles. The van der Waals surface area contributed by atoms with E-state index < -0.39 is 39.3 Å².